The summed E-state index contributed by atoms with van der Waals surface area (Å²) in [6, 6.07) is 2.27. The first-order valence-electron chi connectivity index (χ1n) is 5.76. The van der Waals surface area contributed by atoms with E-state index in [-0.39, 0.29) is 23.9 Å². The summed E-state index contributed by atoms with van der Waals surface area (Å²) in [4.78, 5) is 10.1. The second-order valence-electron chi connectivity index (χ2n) is 4.36. The minimum Gasteiger partial charge on any atom is -0.391 e. The molecule has 0 amide bonds. The Labute approximate surface area is 117 Å². The molecule has 0 aromatic heterocycles. The number of benzene rings is 1. The average molecular weight is 293 g/mol. The number of aliphatic hydroxyl groups is 1. The van der Waals surface area contributed by atoms with Crippen LogP contribution >= 0.6 is 12.4 Å². The van der Waals surface area contributed by atoms with Crippen molar-refractivity contribution in [1.29, 1.82) is 0 Å². The van der Waals surface area contributed by atoms with Gasteiger partial charge >= 0.3 is 0 Å². The molecule has 19 heavy (non-hydrogen) atoms. The van der Waals surface area contributed by atoms with Crippen molar-refractivity contribution in [1.82, 2.24) is 0 Å². The fraction of sp³-hybridized carbons (Fsp3) is 0.500. The zero-order valence-corrected chi connectivity index (χ0v) is 11.6. The van der Waals surface area contributed by atoms with Gasteiger partial charge in [0.25, 0.3) is 5.69 Å². The third-order valence-corrected chi connectivity index (χ3v) is 3.14. The molecule has 3 N–H and O–H groups in total. The van der Waals surface area contributed by atoms with Crippen LogP contribution in [-0.2, 0) is 0 Å². The molecule has 108 valence electrons. The molecule has 0 spiro atoms. The molecule has 0 radical (unpaired) electrons. The van der Waals surface area contributed by atoms with E-state index in [9.17, 15) is 19.6 Å². The van der Waals surface area contributed by atoms with Gasteiger partial charge in [-0.25, -0.2) is 4.39 Å². The zero-order valence-electron chi connectivity index (χ0n) is 10.7. The molecule has 0 bridgehead atoms. The molecule has 1 aromatic rings. The van der Waals surface area contributed by atoms with Crippen LogP contribution in [0.1, 0.15) is 31.9 Å². The Balaban J connectivity index is 0.00000324. The van der Waals surface area contributed by atoms with Crippen LogP contribution in [0.25, 0.3) is 0 Å². The molecule has 1 unspecified atom stereocenters. The van der Waals surface area contributed by atoms with Crippen molar-refractivity contribution in [3.8, 4) is 0 Å². The summed E-state index contributed by atoms with van der Waals surface area (Å²) in [5.41, 5.74) is 5.58. The topological polar surface area (TPSA) is 89.4 Å². The minimum absolute atomic E-state index is 0. The maximum atomic E-state index is 13.0. The Morgan fingerprint density at radius 1 is 1.53 bits per heavy atom. The fourth-order valence-corrected chi connectivity index (χ4v) is 1.74. The van der Waals surface area contributed by atoms with Crippen molar-refractivity contribution >= 4 is 18.1 Å². The highest BCUT2D eigenvalue weighted by molar-refractivity contribution is 5.85. The van der Waals surface area contributed by atoms with E-state index >= 15 is 0 Å². The number of nitrogens with two attached hydrogens (primary N) is 1. The summed E-state index contributed by atoms with van der Waals surface area (Å²) >= 11 is 0. The van der Waals surface area contributed by atoms with Gasteiger partial charge in [-0.15, -0.1) is 12.4 Å². The molecule has 0 saturated carbocycles. The first kappa shape index (κ1) is 17.8. The summed E-state index contributed by atoms with van der Waals surface area (Å²) in [7, 11) is 0. The van der Waals surface area contributed by atoms with Crippen LogP contribution in [-0.4, -0.2) is 16.1 Å². The molecule has 1 aromatic carbocycles. The standard InChI is InChI=1S/C12H17FN2O3.ClH/c1-3-7(2)12(16)11(14)9-5-4-8(13)6-10(9)15(17)18;/h4-7,11-12,16H,3,14H2,1-2H3;1H/t7?,11-,12+;/m1./s1. The van der Waals surface area contributed by atoms with Crippen LogP contribution in [0.5, 0.6) is 0 Å². The van der Waals surface area contributed by atoms with Crippen molar-refractivity contribution < 1.29 is 14.4 Å². The van der Waals surface area contributed by atoms with Crippen LogP contribution in [0.4, 0.5) is 10.1 Å². The number of hydrogen-bond donors (Lipinski definition) is 2. The van der Waals surface area contributed by atoms with Gasteiger partial charge in [-0.1, -0.05) is 20.3 Å². The van der Waals surface area contributed by atoms with E-state index in [2.05, 4.69) is 0 Å². The Morgan fingerprint density at radius 2 is 2.11 bits per heavy atom. The lowest BCUT2D eigenvalue weighted by Crippen LogP contribution is -2.32. The SMILES string of the molecule is CCC(C)[C@H](O)[C@H](N)c1ccc(F)cc1[N+](=O)[O-].Cl. The minimum atomic E-state index is -0.904. The molecule has 0 aliphatic heterocycles. The Morgan fingerprint density at radius 3 is 2.58 bits per heavy atom. The van der Waals surface area contributed by atoms with Gasteiger partial charge in [0.1, 0.15) is 5.82 Å². The summed E-state index contributed by atoms with van der Waals surface area (Å²) in [6.07, 6.45) is -0.205. The molecule has 0 saturated heterocycles. The third-order valence-electron chi connectivity index (χ3n) is 3.14. The van der Waals surface area contributed by atoms with Crippen LogP contribution < -0.4 is 5.73 Å². The van der Waals surface area contributed by atoms with E-state index in [1.807, 2.05) is 6.92 Å². The van der Waals surface area contributed by atoms with E-state index in [1.165, 1.54) is 6.07 Å². The van der Waals surface area contributed by atoms with Crippen molar-refractivity contribution in [2.45, 2.75) is 32.4 Å². The van der Waals surface area contributed by atoms with Crippen LogP contribution in [0, 0.1) is 21.8 Å². The van der Waals surface area contributed by atoms with Gasteiger partial charge in [-0.3, -0.25) is 10.1 Å². The van der Waals surface area contributed by atoms with Crippen LogP contribution in [0.15, 0.2) is 18.2 Å². The molecule has 1 rings (SSSR count). The average Bonchev–Trinajstić information content (AvgIpc) is 2.35. The molecular weight excluding hydrogens is 275 g/mol. The van der Waals surface area contributed by atoms with Gasteiger partial charge in [0.15, 0.2) is 0 Å². The fourth-order valence-electron chi connectivity index (χ4n) is 1.74. The summed E-state index contributed by atoms with van der Waals surface area (Å²) in [5.74, 6) is -0.791. The zero-order chi connectivity index (χ0) is 13.9. The molecule has 5 nitrogen and oxygen atoms in total. The van der Waals surface area contributed by atoms with Crippen molar-refractivity contribution in [3.05, 3.63) is 39.7 Å². The van der Waals surface area contributed by atoms with Gasteiger partial charge < -0.3 is 10.8 Å². The number of nitro benzene ring substituents is 1. The lowest BCUT2D eigenvalue weighted by Gasteiger charge is -2.24. The molecule has 3 atom stereocenters. The molecule has 0 aliphatic carbocycles. The number of hydrogen-bond acceptors (Lipinski definition) is 4. The normalized spacial score (nSPS) is 15.2. The first-order chi connectivity index (χ1) is 8.38. The molecule has 0 heterocycles. The third kappa shape index (κ3) is 4.12. The lowest BCUT2D eigenvalue weighted by molar-refractivity contribution is -0.386. The van der Waals surface area contributed by atoms with E-state index in [1.54, 1.807) is 6.92 Å². The van der Waals surface area contributed by atoms with Crippen molar-refractivity contribution in [2.75, 3.05) is 0 Å². The van der Waals surface area contributed by atoms with E-state index in [0.29, 0.717) is 6.42 Å². The first-order valence-corrected chi connectivity index (χ1v) is 5.76. The van der Waals surface area contributed by atoms with Crippen LogP contribution in [0.2, 0.25) is 0 Å². The Hall–Kier alpha value is -1.24. The highest BCUT2D eigenvalue weighted by Crippen LogP contribution is 2.29. The maximum Gasteiger partial charge on any atom is 0.277 e. The quantitative estimate of drug-likeness (QED) is 0.645. The lowest BCUT2D eigenvalue weighted by atomic mass is 9.91. The Kier molecular flexibility index (Phi) is 6.89. The van der Waals surface area contributed by atoms with Crippen LogP contribution in [0.3, 0.4) is 0 Å². The van der Waals surface area contributed by atoms with Gasteiger partial charge in [-0.2, -0.15) is 0 Å². The van der Waals surface area contributed by atoms with E-state index in [0.717, 1.165) is 12.1 Å². The van der Waals surface area contributed by atoms with Gasteiger partial charge in [-0.05, 0) is 18.1 Å². The monoisotopic (exact) mass is 292 g/mol. The highest BCUT2D eigenvalue weighted by Gasteiger charge is 2.28. The van der Waals surface area contributed by atoms with E-state index in [4.69, 9.17) is 5.73 Å². The van der Waals surface area contributed by atoms with E-state index < -0.39 is 28.6 Å². The summed E-state index contributed by atoms with van der Waals surface area (Å²) in [5, 5.41) is 20.8. The number of rotatable bonds is 5. The van der Waals surface area contributed by atoms with Crippen molar-refractivity contribution in [3.63, 3.8) is 0 Å². The maximum absolute atomic E-state index is 13.0. The predicted molar refractivity (Wildman–Crippen MR) is 72.7 cm³/mol. The summed E-state index contributed by atoms with van der Waals surface area (Å²) < 4.78 is 13.0. The second-order valence-corrected chi connectivity index (χ2v) is 4.36. The summed E-state index contributed by atoms with van der Waals surface area (Å²) in [6.45, 7) is 3.69. The van der Waals surface area contributed by atoms with Gasteiger partial charge in [0.05, 0.1) is 23.1 Å². The number of nitro groups is 1. The Bertz CT molecular complexity index is 445. The second kappa shape index (κ2) is 7.37. The predicted octanol–water partition coefficient (Wildman–Crippen LogP) is 2.56. The smallest absolute Gasteiger partial charge is 0.277 e. The largest absolute Gasteiger partial charge is 0.391 e. The number of halogens is 2. The molecule has 7 heteroatoms. The number of nitrogens with zero attached hydrogens (tertiary/aromatic N) is 1. The molecular formula is C12H18ClFN2O3. The highest BCUT2D eigenvalue weighted by atomic mass is 35.5. The van der Waals surface area contributed by atoms with Gasteiger partial charge in [0.2, 0.25) is 0 Å². The van der Waals surface area contributed by atoms with Gasteiger partial charge in [0, 0.05) is 5.56 Å². The molecule has 0 aliphatic rings. The van der Waals surface area contributed by atoms with Crippen molar-refractivity contribution in [2.24, 2.45) is 11.7 Å². The number of aliphatic hydroxyl groups excluding tert-OH is 1. The molecule has 0 fully saturated rings.